The molecule has 0 aromatic carbocycles. The summed E-state index contributed by atoms with van der Waals surface area (Å²) >= 11 is 0. The zero-order chi connectivity index (χ0) is 11.5. The van der Waals surface area contributed by atoms with E-state index >= 15 is 0 Å². The molecule has 82 valence electrons. The third-order valence-electron chi connectivity index (χ3n) is 1.98. The Hall–Kier alpha value is -0.900. The van der Waals surface area contributed by atoms with E-state index in [0.717, 1.165) is 0 Å². The number of nitrogens with two attached hydrogens (primary N) is 1. The number of amides is 1. The molecule has 3 N–H and O–H groups in total. The van der Waals surface area contributed by atoms with E-state index in [1.165, 1.54) is 6.92 Å². The quantitative estimate of drug-likeness (QED) is 0.692. The van der Waals surface area contributed by atoms with Crippen LogP contribution in [0.1, 0.15) is 34.6 Å². The van der Waals surface area contributed by atoms with E-state index in [4.69, 9.17) is 5.73 Å². The van der Waals surface area contributed by atoms with Crippen molar-refractivity contribution in [2.45, 2.75) is 46.2 Å². The van der Waals surface area contributed by atoms with Crippen LogP contribution >= 0.6 is 0 Å². The average molecular weight is 200 g/mol. The van der Waals surface area contributed by atoms with Crippen LogP contribution < -0.4 is 11.1 Å². The first-order chi connectivity index (χ1) is 6.16. The molecule has 0 saturated heterocycles. The molecule has 0 radical (unpaired) electrons. The van der Waals surface area contributed by atoms with Crippen molar-refractivity contribution < 1.29 is 9.59 Å². The Morgan fingerprint density at radius 2 is 1.71 bits per heavy atom. The van der Waals surface area contributed by atoms with Crippen LogP contribution in [-0.2, 0) is 9.59 Å². The molecule has 1 atom stereocenters. The molecule has 0 aliphatic heterocycles. The van der Waals surface area contributed by atoms with Crippen molar-refractivity contribution in [3.8, 4) is 0 Å². The smallest absolute Gasteiger partial charge is 0.240 e. The molecule has 4 nitrogen and oxygen atoms in total. The SMILES string of the molecule is CC(=O)C(NC(=O)C(C)(C)N)C(C)C. The van der Waals surface area contributed by atoms with Crippen molar-refractivity contribution >= 4 is 11.7 Å². The first kappa shape index (κ1) is 13.1. The van der Waals surface area contributed by atoms with Crippen LogP contribution in [0.25, 0.3) is 0 Å². The standard InChI is InChI=1S/C10H20N2O2/c1-6(2)8(7(3)13)12-9(14)10(4,5)11/h6,8H,11H2,1-5H3,(H,12,14). The van der Waals surface area contributed by atoms with Crippen LogP contribution in [-0.4, -0.2) is 23.3 Å². The zero-order valence-corrected chi connectivity index (χ0v) is 9.55. The molecule has 0 saturated carbocycles. The van der Waals surface area contributed by atoms with Gasteiger partial charge >= 0.3 is 0 Å². The number of hydrogen-bond donors (Lipinski definition) is 2. The summed E-state index contributed by atoms with van der Waals surface area (Å²) < 4.78 is 0. The van der Waals surface area contributed by atoms with Gasteiger partial charge in [-0.2, -0.15) is 0 Å². The molecular formula is C10H20N2O2. The summed E-state index contributed by atoms with van der Waals surface area (Å²) in [5.74, 6) is -0.261. The van der Waals surface area contributed by atoms with Gasteiger partial charge in [0.25, 0.3) is 0 Å². The lowest BCUT2D eigenvalue weighted by Crippen LogP contribution is -2.55. The number of nitrogens with one attached hydrogen (secondary N) is 1. The molecule has 0 aliphatic carbocycles. The molecule has 0 aromatic heterocycles. The minimum absolute atomic E-state index is 0.0439. The summed E-state index contributed by atoms with van der Waals surface area (Å²) in [4.78, 5) is 22.7. The van der Waals surface area contributed by atoms with Crippen LogP contribution in [0, 0.1) is 5.92 Å². The molecule has 0 heterocycles. The number of Topliss-reactive ketones (excluding diaryl/α,β-unsaturated/α-hetero) is 1. The fourth-order valence-corrected chi connectivity index (χ4v) is 1.06. The molecule has 0 aromatic rings. The van der Waals surface area contributed by atoms with Gasteiger partial charge in [0.15, 0.2) is 5.78 Å². The molecule has 14 heavy (non-hydrogen) atoms. The van der Waals surface area contributed by atoms with Gasteiger partial charge in [-0.15, -0.1) is 0 Å². The number of hydrogen-bond acceptors (Lipinski definition) is 3. The van der Waals surface area contributed by atoms with Crippen LogP contribution in [0.5, 0.6) is 0 Å². The summed E-state index contributed by atoms with van der Waals surface area (Å²) in [6.45, 7) is 8.46. The lowest BCUT2D eigenvalue weighted by molar-refractivity contribution is -0.130. The van der Waals surface area contributed by atoms with Crippen LogP contribution in [0.2, 0.25) is 0 Å². The minimum atomic E-state index is -0.942. The van der Waals surface area contributed by atoms with Crippen molar-refractivity contribution in [3.63, 3.8) is 0 Å². The topological polar surface area (TPSA) is 72.2 Å². The Morgan fingerprint density at radius 1 is 1.29 bits per heavy atom. The molecular weight excluding hydrogens is 180 g/mol. The third kappa shape index (κ3) is 3.87. The van der Waals surface area contributed by atoms with Gasteiger partial charge in [0.1, 0.15) is 0 Å². The van der Waals surface area contributed by atoms with Crippen molar-refractivity contribution in [1.29, 1.82) is 0 Å². The number of rotatable bonds is 4. The fourth-order valence-electron chi connectivity index (χ4n) is 1.06. The molecule has 4 heteroatoms. The fraction of sp³-hybridized carbons (Fsp3) is 0.800. The first-order valence-corrected chi connectivity index (χ1v) is 4.76. The Morgan fingerprint density at radius 3 is 1.93 bits per heavy atom. The van der Waals surface area contributed by atoms with Crippen molar-refractivity contribution in [2.24, 2.45) is 11.7 Å². The molecule has 0 fully saturated rings. The van der Waals surface area contributed by atoms with E-state index in [1.807, 2.05) is 13.8 Å². The third-order valence-corrected chi connectivity index (χ3v) is 1.98. The van der Waals surface area contributed by atoms with Gasteiger partial charge < -0.3 is 11.1 Å². The van der Waals surface area contributed by atoms with Gasteiger partial charge in [-0.3, -0.25) is 9.59 Å². The molecule has 1 unspecified atom stereocenters. The predicted octanol–water partition coefficient (Wildman–Crippen LogP) is 0.454. The second-order valence-corrected chi connectivity index (χ2v) is 4.53. The van der Waals surface area contributed by atoms with Crippen LogP contribution in [0.15, 0.2) is 0 Å². The summed E-state index contributed by atoms with van der Waals surface area (Å²) in [5, 5.41) is 2.64. The van der Waals surface area contributed by atoms with Gasteiger partial charge in [-0.25, -0.2) is 0 Å². The van der Waals surface area contributed by atoms with E-state index in [2.05, 4.69) is 5.32 Å². The highest BCUT2D eigenvalue weighted by Crippen LogP contribution is 2.05. The Balaban J connectivity index is 4.48. The molecule has 1 amide bonds. The number of carbonyl (C=O) groups is 2. The highest BCUT2D eigenvalue weighted by molar-refractivity contribution is 5.91. The number of carbonyl (C=O) groups excluding carboxylic acids is 2. The first-order valence-electron chi connectivity index (χ1n) is 4.76. The lowest BCUT2D eigenvalue weighted by Gasteiger charge is -2.24. The van der Waals surface area contributed by atoms with E-state index < -0.39 is 11.6 Å². The maximum Gasteiger partial charge on any atom is 0.240 e. The number of ketones is 1. The Kier molecular flexibility index (Phi) is 4.26. The maximum atomic E-state index is 11.5. The molecule has 0 bridgehead atoms. The highest BCUT2D eigenvalue weighted by atomic mass is 16.2. The van der Waals surface area contributed by atoms with Crippen LogP contribution in [0.4, 0.5) is 0 Å². The normalized spacial score (nSPS) is 13.9. The Labute approximate surface area is 85.2 Å². The average Bonchev–Trinajstić information content (AvgIpc) is 1.96. The van der Waals surface area contributed by atoms with Crippen molar-refractivity contribution in [1.82, 2.24) is 5.32 Å². The zero-order valence-electron chi connectivity index (χ0n) is 9.55. The maximum absolute atomic E-state index is 11.5. The van der Waals surface area contributed by atoms with E-state index in [-0.39, 0.29) is 17.6 Å². The van der Waals surface area contributed by atoms with Crippen LogP contribution in [0.3, 0.4) is 0 Å². The van der Waals surface area contributed by atoms with E-state index in [0.29, 0.717) is 0 Å². The monoisotopic (exact) mass is 200 g/mol. The summed E-state index contributed by atoms with van der Waals surface area (Å²) in [5.41, 5.74) is 4.66. The van der Waals surface area contributed by atoms with Crippen molar-refractivity contribution in [3.05, 3.63) is 0 Å². The summed E-state index contributed by atoms with van der Waals surface area (Å²) in [6, 6.07) is -0.440. The molecule has 0 aliphatic rings. The van der Waals surface area contributed by atoms with Gasteiger partial charge in [0.05, 0.1) is 11.6 Å². The lowest BCUT2D eigenvalue weighted by atomic mass is 9.98. The minimum Gasteiger partial charge on any atom is -0.344 e. The molecule has 0 rings (SSSR count). The second-order valence-electron chi connectivity index (χ2n) is 4.53. The van der Waals surface area contributed by atoms with Gasteiger partial charge in [0, 0.05) is 0 Å². The van der Waals surface area contributed by atoms with Gasteiger partial charge in [0.2, 0.25) is 5.91 Å². The summed E-state index contributed by atoms with van der Waals surface area (Å²) in [7, 11) is 0. The highest BCUT2D eigenvalue weighted by Gasteiger charge is 2.27. The summed E-state index contributed by atoms with van der Waals surface area (Å²) in [6.07, 6.45) is 0. The van der Waals surface area contributed by atoms with E-state index in [9.17, 15) is 9.59 Å². The van der Waals surface area contributed by atoms with Gasteiger partial charge in [-0.1, -0.05) is 13.8 Å². The largest absolute Gasteiger partial charge is 0.344 e. The second kappa shape index (κ2) is 4.55. The Bertz CT molecular complexity index is 229. The van der Waals surface area contributed by atoms with Crippen molar-refractivity contribution in [2.75, 3.05) is 0 Å². The van der Waals surface area contributed by atoms with E-state index in [1.54, 1.807) is 13.8 Å². The molecule has 0 spiro atoms. The predicted molar refractivity (Wildman–Crippen MR) is 55.7 cm³/mol. The van der Waals surface area contributed by atoms with Gasteiger partial charge in [-0.05, 0) is 26.7 Å².